The Kier molecular flexibility index (Phi) is 5.02. The van der Waals surface area contributed by atoms with Crippen molar-refractivity contribution in [2.24, 2.45) is 5.73 Å². The van der Waals surface area contributed by atoms with Crippen molar-refractivity contribution in [3.05, 3.63) is 12.0 Å². The molecule has 8 nitrogen and oxygen atoms in total. The molecule has 0 spiro atoms. The molecule has 0 radical (unpaired) electrons. The first-order valence-corrected chi connectivity index (χ1v) is 6.80. The summed E-state index contributed by atoms with van der Waals surface area (Å²) in [6.45, 7) is 0.601. The maximum atomic E-state index is 12.0. The third-order valence-electron chi connectivity index (χ3n) is 3.33. The van der Waals surface area contributed by atoms with Crippen LogP contribution in [0.4, 0.5) is 0 Å². The van der Waals surface area contributed by atoms with Crippen LogP contribution in [0.15, 0.2) is 12.0 Å². The van der Waals surface area contributed by atoms with E-state index in [1.165, 1.54) is 4.90 Å². The van der Waals surface area contributed by atoms with Crippen molar-refractivity contribution in [1.29, 1.82) is 0 Å². The number of hydrogen-bond acceptors (Lipinski definition) is 6. The van der Waals surface area contributed by atoms with Gasteiger partial charge in [-0.15, -0.1) is 0 Å². The fraction of sp³-hybridized carbons (Fsp3) is 0.615. The van der Waals surface area contributed by atoms with Crippen LogP contribution < -0.4 is 5.73 Å². The van der Waals surface area contributed by atoms with Crippen LogP contribution in [-0.2, 0) is 28.6 Å². The van der Waals surface area contributed by atoms with Gasteiger partial charge in [-0.25, -0.2) is 4.79 Å². The Labute approximate surface area is 121 Å². The zero-order valence-electron chi connectivity index (χ0n) is 11.6. The second-order valence-corrected chi connectivity index (χ2v) is 4.78. The number of carbonyl (C=O) groups is 3. The molecule has 1 saturated heterocycles. The van der Waals surface area contributed by atoms with Crippen molar-refractivity contribution in [3.63, 3.8) is 0 Å². The topological polar surface area (TPSA) is 108 Å². The largest absolute Gasteiger partial charge is 0.493 e. The average molecular weight is 298 g/mol. The number of esters is 1. The molecule has 0 aromatic carbocycles. The van der Waals surface area contributed by atoms with Crippen molar-refractivity contribution in [3.8, 4) is 0 Å². The highest BCUT2D eigenvalue weighted by Crippen LogP contribution is 2.17. The summed E-state index contributed by atoms with van der Waals surface area (Å²) < 4.78 is 14.8. The minimum Gasteiger partial charge on any atom is -0.493 e. The van der Waals surface area contributed by atoms with Crippen LogP contribution in [0.1, 0.15) is 19.3 Å². The molecule has 0 aliphatic carbocycles. The first-order valence-electron chi connectivity index (χ1n) is 6.80. The minimum atomic E-state index is -0.768. The zero-order valence-corrected chi connectivity index (χ0v) is 11.6. The van der Waals surface area contributed by atoms with E-state index in [-0.39, 0.29) is 12.4 Å². The summed E-state index contributed by atoms with van der Waals surface area (Å²) in [7, 11) is 0. The van der Waals surface area contributed by atoms with Crippen LogP contribution in [0, 0.1) is 0 Å². The highest BCUT2D eigenvalue weighted by atomic mass is 16.6. The number of primary amides is 1. The maximum Gasteiger partial charge on any atom is 0.377 e. The lowest BCUT2D eigenvalue weighted by Gasteiger charge is -2.33. The molecule has 2 aliphatic heterocycles. The monoisotopic (exact) mass is 298 g/mol. The lowest BCUT2D eigenvalue weighted by molar-refractivity contribution is -0.155. The number of hydrogen-bond donors (Lipinski definition) is 1. The van der Waals surface area contributed by atoms with E-state index in [9.17, 15) is 14.4 Å². The normalized spacial score (nSPS) is 21.6. The number of ether oxygens (including phenoxy) is 3. The molecule has 2 rings (SSSR count). The van der Waals surface area contributed by atoms with Gasteiger partial charge in [0.2, 0.25) is 11.7 Å². The third-order valence-corrected chi connectivity index (χ3v) is 3.33. The Morgan fingerprint density at radius 1 is 1.33 bits per heavy atom. The molecule has 2 aliphatic rings. The highest BCUT2D eigenvalue weighted by Gasteiger charge is 2.31. The molecule has 116 valence electrons. The van der Waals surface area contributed by atoms with Crippen molar-refractivity contribution >= 4 is 17.8 Å². The van der Waals surface area contributed by atoms with Crippen LogP contribution in [0.5, 0.6) is 0 Å². The van der Waals surface area contributed by atoms with Crippen LogP contribution in [0.3, 0.4) is 0 Å². The van der Waals surface area contributed by atoms with Gasteiger partial charge in [-0.3, -0.25) is 9.59 Å². The summed E-state index contributed by atoms with van der Waals surface area (Å²) in [5.74, 6) is -1.82. The Balaban J connectivity index is 1.87. The maximum absolute atomic E-state index is 12.0. The van der Waals surface area contributed by atoms with E-state index in [1.54, 1.807) is 0 Å². The van der Waals surface area contributed by atoms with Crippen LogP contribution in [-0.4, -0.2) is 55.1 Å². The first kappa shape index (κ1) is 15.1. The molecule has 21 heavy (non-hydrogen) atoms. The summed E-state index contributed by atoms with van der Waals surface area (Å²) in [5, 5.41) is 0. The standard InChI is InChI=1S/C13H18N2O6/c14-12(17)9-3-1-2-4-15(9)11(16)8-21-13(18)10-7-19-5-6-20-10/h7,9H,1-6,8H2,(H2,14,17)/t9-/m1/s1. The van der Waals surface area contributed by atoms with E-state index >= 15 is 0 Å². The molecule has 2 heterocycles. The molecule has 8 heteroatoms. The van der Waals surface area contributed by atoms with E-state index in [2.05, 4.69) is 0 Å². The first-order chi connectivity index (χ1) is 10.1. The third kappa shape index (κ3) is 3.87. The molecule has 2 amide bonds. The quantitative estimate of drug-likeness (QED) is 0.686. The van der Waals surface area contributed by atoms with E-state index in [1.807, 2.05) is 0 Å². The Morgan fingerprint density at radius 3 is 2.81 bits per heavy atom. The molecule has 0 saturated carbocycles. The number of nitrogens with zero attached hydrogens (tertiary/aromatic N) is 1. The van der Waals surface area contributed by atoms with Crippen LogP contribution >= 0.6 is 0 Å². The van der Waals surface area contributed by atoms with Gasteiger partial charge in [0.25, 0.3) is 5.91 Å². The van der Waals surface area contributed by atoms with E-state index in [0.717, 1.165) is 19.1 Å². The Morgan fingerprint density at radius 2 is 2.14 bits per heavy atom. The molecular formula is C13H18N2O6. The second kappa shape index (κ2) is 6.96. The molecule has 1 fully saturated rings. The van der Waals surface area contributed by atoms with Gasteiger partial charge >= 0.3 is 5.97 Å². The summed E-state index contributed by atoms with van der Waals surface area (Å²) >= 11 is 0. The van der Waals surface area contributed by atoms with Crippen molar-refractivity contribution in [2.45, 2.75) is 25.3 Å². The van der Waals surface area contributed by atoms with Gasteiger partial charge in [0.15, 0.2) is 6.61 Å². The van der Waals surface area contributed by atoms with Crippen LogP contribution in [0.25, 0.3) is 0 Å². The van der Waals surface area contributed by atoms with E-state index in [4.69, 9.17) is 19.9 Å². The summed E-state index contributed by atoms with van der Waals surface area (Å²) in [6, 6.07) is -0.626. The molecule has 2 N–H and O–H groups in total. The Hall–Kier alpha value is -2.25. The van der Waals surface area contributed by atoms with Gasteiger partial charge in [0.1, 0.15) is 25.5 Å². The lowest BCUT2D eigenvalue weighted by atomic mass is 10.0. The molecule has 1 atom stereocenters. The highest BCUT2D eigenvalue weighted by molar-refractivity contribution is 5.90. The molecule has 0 unspecified atom stereocenters. The molecule has 0 aromatic rings. The average Bonchev–Trinajstić information content (AvgIpc) is 2.53. The number of rotatable bonds is 4. The molecule has 0 bridgehead atoms. The van der Waals surface area contributed by atoms with Gasteiger partial charge in [-0.05, 0) is 19.3 Å². The molecular weight excluding hydrogens is 280 g/mol. The van der Waals surface area contributed by atoms with Crippen LogP contribution in [0.2, 0.25) is 0 Å². The lowest BCUT2D eigenvalue weighted by Crippen LogP contribution is -2.51. The molecule has 0 aromatic heterocycles. The van der Waals surface area contributed by atoms with Gasteiger partial charge in [0, 0.05) is 6.54 Å². The number of likely N-dealkylation sites (tertiary alicyclic amines) is 1. The summed E-state index contributed by atoms with van der Waals surface area (Å²) in [6.07, 6.45) is 3.33. The van der Waals surface area contributed by atoms with Crippen molar-refractivity contribution < 1.29 is 28.6 Å². The predicted octanol–water partition coefficient (Wildman–Crippen LogP) is -0.716. The fourth-order valence-corrected chi connectivity index (χ4v) is 2.28. The Bertz CT molecular complexity index is 462. The smallest absolute Gasteiger partial charge is 0.377 e. The number of nitrogens with two attached hydrogens (primary N) is 1. The van der Waals surface area contributed by atoms with Crippen molar-refractivity contribution in [1.82, 2.24) is 4.90 Å². The summed E-state index contributed by atoms with van der Waals surface area (Å²) in [5.41, 5.74) is 5.28. The second-order valence-electron chi connectivity index (χ2n) is 4.78. The fourth-order valence-electron chi connectivity index (χ4n) is 2.28. The van der Waals surface area contributed by atoms with E-state index < -0.39 is 30.4 Å². The van der Waals surface area contributed by atoms with E-state index in [0.29, 0.717) is 19.6 Å². The van der Waals surface area contributed by atoms with Gasteiger partial charge in [-0.1, -0.05) is 0 Å². The predicted molar refractivity (Wildman–Crippen MR) is 69.5 cm³/mol. The van der Waals surface area contributed by atoms with Crippen molar-refractivity contribution in [2.75, 3.05) is 26.4 Å². The van der Waals surface area contributed by atoms with Gasteiger partial charge < -0.3 is 24.8 Å². The van der Waals surface area contributed by atoms with Gasteiger partial charge in [0.05, 0.1) is 0 Å². The zero-order chi connectivity index (χ0) is 15.2. The SMILES string of the molecule is NC(=O)[C@H]1CCCCN1C(=O)COC(=O)C1=COCCO1. The number of piperidine rings is 1. The minimum absolute atomic E-state index is 0.0702. The number of amides is 2. The number of carbonyl (C=O) groups excluding carboxylic acids is 3. The summed E-state index contributed by atoms with van der Waals surface area (Å²) in [4.78, 5) is 36.4. The van der Waals surface area contributed by atoms with Gasteiger partial charge in [-0.2, -0.15) is 0 Å².